The maximum atomic E-state index is 1.62. The van der Waals surface area contributed by atoms with Gasteiger partial charge in [0.25, 0.3) is 0 Å². The Kier molecular flexibility index (Phi) is 2.55. The van der Waals surface area contributed by atoms with E-state index in [1.54, 1.807) is 64.2 Å². The highest BCUT2D eigenvalue weighted by atomic mass is 14.4. The third-order valence-corrected chi connectivity index (χ3v) is 5.34. The number of hydrogen-bond donors (Lipinski definition) is 0. The lowest BCUT2D eigenvalue weighted by Gasteiger charge is -2.46. The lowest BCUT2D eigenvalue weighted by atomic mass is 9.60. The third kappa shape index (κ3) is 1.61. The molecule has 0 aromatic rings. The number of fused-ring (bicyclic) bond motifs is 2. The maximum absolute atomic E-state index is 1.62. The van der Waals surface area contributed by atoms with Gasteiger partial charge in [0.1, 0.15) is 0 Å². The Balaban J connectivity index is 1.68. The van der Waals surface area contributed by atoms with Crippen LogP contribution < -0.4 is 0 Å². The third-order valence-electron chi connectivity index (χ3n) is 5.34. The molecule has 3 rings (SSSR count). The smallest absolute Gasteiger partial charge is 0.0383 e. The van der Waals surface area contributed by atoms with Gasteiger partial charge < -0.3 is 0 Å². The molecule has 3 saturated carbocycles. The zero-order valence-electron chi connectivity index (χ0n) is 9.38. The second-order valence-electron chi connectivity index (χ2n) is 6.08. The summed E-state index contributed by atoms with van der Waals surface area (Å²) in [6, 6.07) is 0. The van der Waals surface area contributed by atoms with E-state index in [2.05, 4.69) is 0 Å². The minimum Gasteiger partial charge on any atom is -0.0530 e. The highest BCUT2D eigenvalue weighted by molar-refractivity contribution is 4.89. The Labute approximate surface area is 88.5 Å². The first kappa shape index (κ1) is 9.24. The van der Waals surface area contributed by atoms with Gasteiger partial charge in [-0.25, -0.2) is 0 Å². The first-order chi connectivity index (χ1) is 6.93. The Morgan fingerprint density at radius 3 is 1.00 bits per heavy atom. The topological polar surface area (TPSA) is 0 Å². The summed E-state index contributed by atoms with van der Waals surface area (Å²) < 4.78 is 0. The Morgan fingerprint density at radius 2 is 0.714 bits per heavy atom. The summed E-state index contributed by atoms with van der Waals surface area (Å²) >= 11 is 0. The molecule has 80 valence electrons. The molecular weight excluding hydrogens is 168 g/mol. The molecule has 0 aromatic heterocycles. The van der Waals surface area contributed by atoms with Crippen LogP contribution in [0, 0.1) is 23.7 Å². The highest BCUT2D eigenvalue weighted by Gasteiger charge is 2.38. The first-order valence-corrected chi connectivity index (χ1v) is 6.93. The van der Waals surface area contributed by atoms with Crippen molar-refractivity contribution in [2.45, 2.75) is 64.2 Å². The van der Waals surface area contributed by atoms with Crippen LogP contribution in [0.25, 0.3) is 0 Å². The summed E-state index contributed by atoms with van der Waals surface area (Å²) in [6.07, 6.45) is 15.7. The van der Waals surface area contributed by atoms with Crippen LogP contribution in [0.3, 0.4) is 0 Å². The minimum atomic E-state index is 1.16. The van der Waals surface area contributed by atoms with Crippen LogP contribution in [0.15, 0.2) is 0 Å². The van der Waals surface area contributed by atoms with Crippen LogP contribution in [0.1, 0.15) is 64.2 Å². The summed E-state index contributed by atoms with van der Waals surface area (Å²) in [6.45, 7) is 0. The molecule has 0 nitrogen and oxygen atoms in total. The zero-order valence-corrected chi connectivity index (χ0v) is 9.38. The summed E-state index contributed by atoms with van der Waals surface area (Å²) in [5.74, 6) is 4.62. The molecule has 0 unspecified atom stereocenters. The van der Waals surface area contributed by atoms with Crippen LogP contribution in [-0.4, -0.2) is 0 Å². The van der Waals surface area contributed by atoms with Gasteiger partial charge in [0.05, 0.1) is 0 Å². The molecule has 0 heterocycles. The van der Waals surface area contributed by atoms with Gasteiger partial charge in [-0.15, -0.1) is 0 Å². The van der Waals surface area contributed by atoms with Crippen molar-refractivity contribution in [3.63, 3.8) is 0 Å². The normalized spacial score (nSPS) is 48.0. The fraction of sp³-hybridized carbons (Fsp3) is 1.00. The standard InChI is InChI=1S/C14H24/c1-2-6-12-10-14-8-4-3-7-13(14)9-11(12)5-1/h11-14H,1-10H2/t11-,12-,13-,14-/m0/s1. The van der Waals surface area contributed by atoms with E-state index in [4.69, 9.17) is 0 Å². The molecule has 0 aromatic carbocycles. The molecule has 0 N–H and O–H groups in total. The Morgan fingerprint density at radius 1 is 0.429 bits per heavy atom. The quantitative estimate of drug-likeness (QED) is 0.534. The molecule has 4 atom stereocenters. The van der Waals surface area contributed by atoms with Crippen LogP contribution in [-0.2, 0) is 0 Å². The van der Waals surface area contributed by atoms with E-state index >= 15 is 0 Å². The Bertz CT molecular complexity index is 154. The van der Waals surface area contributed by atoms with Crippen LogP contribution >= 0.6 is 0 Å². The minimum absolute atomic E-state index is 1.16. The van der Waals surface area contributed by atoms with Gasteiger partial charge in [-0.2, -0.15) is 0 Å². The molecule has 14 heavy (non-hydrogen) atoms. The second-order valence-corrected chi connectivity index (χ2v) is 6.08. The van der Waals surface area contributed by atoms with Gasteiger partial charge in [-0.1, -0.05) is 51.4 Å². The van der Waals surface area contributed by atoms with Crippen LogP contribution in [0.4, 0.5) is 0 Å². The maximum Gasteiger partial charge on any atom is -0.0383 e. The average molecular weight is 192 g/mol. The SMILES string of the molecule is C1CC[C@H]2C[C@@H]3CCCC[C@H]3C[C@@H]2C1. The summed E-state index contributed by atoms with van der Waals surface area (Å²) in [5.41, 5.74) is 0. The van der Waals surface area contributed by atoms with Gasteiger partial charge in [0, 0.05) is 0 Å². The Hall–Kier alpha value is 0. The summed E-state index contributed by atoms with van der Waals surface area (Å²) in [4.78, 5) is 0. The zero-order chi connectivity index (χ0) is 9.38. The van der Waals surface area contributed by atoms with E-state index < -0.39 is 0 Å². The fourth-order valence-electron chi connectivity index (χ4n) is 4.59. The monoisotopic (exact) mass is 192 g/mol. The van der Waals surface area contributed by atoms with Crippen molar-refractivity contribution < 1.29 is 0 Å². The molecule has 0 aliphatic heterocycles. The van der Waals surface area contributed by atoms with E-state index in [9.17, 15) is 0 Å². The van der Waals surface area contributed by atoms with Crippen LogP contribution in [0.5, 0.6) is 0 Å². The van der Waals surface area contributed by atoms with Crippen molar-refractivity contribution in [3.8, 4) is 0 Å². The van der Waals surface area contributed by atoms with E-state index in [-0.39, 0.29) is 0 Å². The lowest BCUT2D eigenvalue weighted by Crippen LogP contribution is -2.35. The van der Waals surface area contributed by atoms with Gasteiger partial charge >= 0.3 is 0 Å². The van der Waals surface area contributed by atoms with E-state index in [0.29, 0.717) is 0 Å². The molecule has 0 heteroatoms. The number of rotatable bonds is 0. The largest absolute Gasteiger partial charge is 0.0530 e. The van der Waals surface area contributed by atoms with Gasteiger partial charge in [-0.3, -0.25) is 0 Å². The van der Waals surface area contributed by atoms with Crippen molar-refractivity contribution in [1.29, 1.82) is 0 Å². The molecular formula is C14H24. The van der Waals surface area contributed by atoms with Crippen molar-refractivity contribution in [1.82, 2.24) is 0 Å². The number of hydrogen-bond acceptors (Lipinski definition) is 0. The molecule has 3 aliphatic rings. The van der Waals surface area contributed by atoms with Gasteiger partial charge in [0.2, 0.25) is 0 Å². The van der Waals surface area contributed by atoms with Gasteiger partial charge in [0.15, 0.2) is 0 Å². The molecule has 0 bridgehead atoms. The molecule has 3 fully saturated rings. The van der Waals surface area contributed by atoms with Crippen molar-refractivity contribution >= 4 is 0 Å². The molecule has 0 spiro atoms. The van der Waals surface area contributed by atoms with Crippen LogP contribution in [0.2, 0.25) is 0 Å². The molecule has 3 aliphatic carbocycles. The predicted octanol–water partition coefficient (Wildman–Crippen LogP) is 4.39. The lowest BCUT2D eigenvalue weighted by molar-refractivity contribution is 0.0520. The van der Waals surface area contributed by atoms with Crippen molar-refractivity contribution in [2.75, 3.05) is 0 Å². The van der Waals surface area contributed by atoms with Crippen molar-refractivity contribution in [3.05, 3.63) is 0 Å². The molecule has 0 radical (unpaired) electrons. The molecule has 0 amide bonds. The van der Waals surface area contributed by atoms with Gasteiger partial charge in [-0.05, 0) is 36.5 Å². The van der Waals surface area contributed by atoms with E-state index in [1.165, 1.54) is 0 Å². The summed E-state index contributed by atoms with van der Waals surface area (Å²) in [7, 11) is 0. The fourth-order valence-corrected chi connectivity index (χ4v) is 4.59. The average Bonchev–Trinajstić information content (AvgIpc) is 2.26. The highest BCUT2D eigenvalue weighted by Crippen LogP contribution is 2.49. The van der Waals surface area contributed by atoms with E-state index in [0.717, 1.165) is 23.7 Å². The predicted molar refractivity (Wildman–Crippen MR) is 60.1 cm³/mol. The molecule has 0 saturated heterocycles. The second kappa shape index (κ2) is 3.87. The first-order valence-electron chi connectivity index (χ1n) is 6.93. The summed E-state index contributed by atoms with van der Waals surface area (Å²) in [5, 5.41) is 0. The van der Waals surface area contributed by atoms with E-state index in [1.807, 2.05) is 0 Å². The van der Waals surface area contributed by atoms with Crippen molar-refractivity contribution in [2.24, 2.45) is 23.7 Å².